The third kappa shape index (κ3) is 3.56. The van der Waals surface area contributed by atoms with Crippen LogP contribution in [0.2, 0.25) is 0 Å². The summed E-state index contributed by atoms with van der Waals surface area (Å²) in [5, 5.41) is 19.2. The van der Waals surface area contributed by atoms with Gasteiger partial charge in [-0.25, -0.2) is 0 Å². The summed E-state index contributed by atoms with van der Waals surface area (Å²) in [7, 11) is 1.61. The molecule has 1 aromatic carbocycles. The zero-order chi connectivity index (χ0) is 17.3. The Kier molecular flexibility index (Phi) is 5.10. The summed E-state index contributed by atoms with van der Waals surface area (Å²) in [6.07, 6.45) is -3.39. The Balaban J connectivity index is 1.69. The molecule has 0 spiro atoms. The second kappa shape index (κ2) is 6.95. The molecular formula is C17H24O7. The van der Waals surface area contributed by atoms with Crippen LogP contribution in [0.3, 0.4) is 0 Å². The first-order valence-electron chi connectivity index (χ1n) is 7.98. The molecular weight excluding hydrogens is 316 g/mol. The van der Waals surface area contributed by atoms with E-state index >= 15 is 0 Å². The van der Waals surface area contributed by atoms with Crippen molar-refractivity contribution in [2.24, 2.45) is 0 Å². The first-order chi connectivity index (χ1) is 11.4. The molecule has 3 rings (SSSR count). The molecule has 2 heterocycles. The number of rotatable bonds is 6. The van der Waals surface area contributed by atoms with Crippen molar-refractivity contribution < 1.29 is 33.9 Å². The number of hydrogen-bond acceptors (Lipinski definition) is 7. The summed E-state index contributed by atoms with van der Waals surface area (Å²) in [4.78, 5) is 0. The number of fused-ring (bicyclic) bond motifs is 1. The Morgan fingerprint density at radius 2 is 1.92 bits per heavy atom. The molecule has 0 bridgehead atoms. The Morgan fingerprint density at radius 1 is 1.21 bits per heavy atom. The van der Waals surface area contributed by atoms with Crippen molar-refractivity contribution in [1.82, 2.24) is 0 Å². The van der Waals surface area contributed by atoms with Crippen LogP contribution in [0.5, 0.6) is 5.75 Å². The fraction of sp³-hybridized carbons (Fsp3) is 0.647. The molecule has 7 heteroatoms. The minimum Gasteiger partial charge on any atom is -0.497 e. The summed E-state index contributed by atoms with van der Waals surface area (Å²) in [6.45, 7) is 3.49. The SMILES string of the molecule is COc1ccc(COC2C3OC(C)(C)OC3O[C@@H]2[C@H](O)CO)cc1. The highest BCUT2D eigenvalue weighted by atomic mass is 16.8. The van der Waals surface area contributed by atoms with Crippen molar-refractivity contribution in [1.29, 1.82) is 0 Å². The van der Waals surface area contributed by atoms with Gasteiger partial charge in [0.05, 0.1) is 20.3 Å². The van der Waals surface area contributed by atoms with Gasteiger partial charge in [-0.15, -0.1) is 0 Å². The molecule has 2 aliphatic rings. The number of methoxy groups -OCH3 is 1. The van der Waals surface area contributed by atoms with Crippen LogP contribution in [0.4, 0.5) is 0 Å². The highest BCUT2D eigenvalue weighted by Gasteiger charge is 2.56. The second-order valence-electron chi connectivity index (χ2n) is 6.44. The monoisotopic (exact) mass is 340 g/mol. The lowest BCUT2D eigenvalue weighted by Gasteiger charge is -2.28. The van der Waals surface area contributed by atoms with E-state index in [9.17, 15) is 10.2 Å². The lowest BCUT2D eigenvalue weighted by atomic mass is 10.1. The van der Waals surface area contributed by atoms with Crippen molar-refractivity contribution in [2.45, 2.75) is 56.9 Å². The van der Waals surface area contributed by atoms with Gasteiger partial charge in [0.25, 0.3) is 0 Å². The number of aliphatic hydroxyl groups is 2. The molecule has 5 atom stereocenters. The smallest absolute Gasteiger partial charge is 0.190 e. The quantitative estimate of drug-likeness (QED) is 0.792. The van der Waals surface area contributed by atoms with Gasteiger partial charge in [-0.3, -0.25) is 0 Å². The normalized spacial score (nSPS) is 32.5. The van der Waals surface area contributed by atoms with Gasteiger partial charge in [-0.1, -0.05) is 12.1 Å². The van der Waals surface area contributed by atoms with Gasteiger partial charge >= 0.3 is 0 Å². The standard InChI is InChI=1S/C17H24O7/c1-17(2)23-15-14(13(12(19)8-18)22-16(15)24-17)21-9-10-4-6-11(20-3)7-5-10/h4-7,12-16,18-19H,8-9H2,1-3H3/t12-,13-,14?,15?,16?/m1/s1. The van der Waals surface area contributed by atoms with Crippen molar-refractivity contribution in [3.63, 3.8) is 0 Å². The molecule has 0 aromatic heterocycles. The number of hydrogen-bond donors (Lipinski definition) is 2. The lowest BCUT2D eigenvalue weighted by molar-refractivity contribution is -0.232. The van der Waals surface area contributed by atoms with Crippen molar-refractivity contribution in [3.8, 4) is 5.75 Å². The van der Waals surface area contributed by atoms with Gasteiger partial charge in [-0.2, -0.15) is 0 Å². The van der Waals surface area contributed by atoms with Crippen LogP contribution >= 0.6 is 0 Å². The van der Waals surface area contributed by atoms with Crippen LogP contribution in [0.25, 0.3) is 0 Å². The molecule has 134 valence electrons. The first kappa shape index (κ1) is 17.6. The Hall–Kier alpha value is -1.22. The molecule has 0 aliphatic carbocycles. The van der Waals surface area contributed by atoms with Crippen molar-refractivity contribution in [3.05, 3.63) is 29.8 Å². The van der Waals surface area contributed by atoms with E-state index < -0.39 is 43.1 Å². The van der Waals surface area contributed by atoms with Gasteiger partial charge in [0.15, 0.2) is 12.1 Å². The van der Waals surface area contributed by atoms with Crippen LogP contribution in [0.15, 0.2) is 24.3 Å². The maximum atomic E-state index is 10.00. The molecule has 2 fully saturated rings. The number of benzene rings is 1. The number of aliphatic hydroxyl groups excluding tert-OH is 2. The van der Waals surface area contributed by atoms with Gasteiger partial charge in [0, 0.05) is 0 Å². The Labute approximate surface area is 141 Å². The summed E-state index contributed by atoms with van der Waals surface area (Å²) in [5.41, 5.74) is 0.953. The van der Waals surface area contributed by atoms with E-state index in [-0.39, 0.29) is 0 Å². The van der Waals surface area contributed by atoms with E-state index in [0.717, 1.165) is 11.3 Å². The van der Waals surface area contributed by atoms with Gasteiger partial charge in [0.2, 0.25) is 0 Å². The van der Waals surface area contributed by atoms with Crippen LogP contribution in [0.1, 0.15) is 19.4 Å². The van der Waals surface area contributed by atoms with Crippen molar-refractivity contribution >= 4 is 0 Å². The summed E-state index contributed by atoms with van der Waals surface area (Å²) < 4.78 is 28.3. The molecule has 2 N–H and O–H groups in total. The van der Waals surface area contributed by atoms with Crippen LogP contribution in [0, 0.1) is 0 Å². The lowest BCUT2D eigenvalue weighted by Crippen LogP contribution is -2.44. The first-order valence-corrected chi connectivity index (χ1v) is 7.98. The van der Waals surface area contributed by atoms with Crippen LogP contribution in [-0.4, -0.2) is 60.4 Å². The molecule has 0 saturated carbocycles. The molecule has 1 aromatic rings. The minimum absolute atomic E-state index is 0.319. The van der Waals surface area contributed by atoms with Crippen molar-refractivity contribution in [2.75, 3.05) is 13.7 Å². The molecule has 7 nitrogen and oxygen atoms in total. The summed E-state index contributed by atoms with van der Waals surface area (Å²) in [5.74, 6) is -0.00231. The fourth-order valence-corrected chi connectivity index (χ4v) is 3.02. The highest BCUT2D eigenvalue weighted by molar-refractivity contribution is 5.26. The second-order valence-corrected chi connectivity index (χ2v) is 6.44. The molecule has 0 amide bonds. The van der Waals surface area contributed by atoms with E-state index in [1.165, 1.54) is 0 Å². The molecule has 2 aliphatic heterocycles. The van der Waals surface area contributed by atoms with Crippen LogP contribution in [-0.2, 0) is 25.6 Å². The third-order valence-corrected chi connectivity index (χ3v) is 4.19. The maximum Gasteiger partial charge on any atom is 0.190 e. The van der Waals surface area contributed by atoms with Gasteiger partial charge in [-0.05, 0) is 31.5 Å². The Morgan fingerprint density at radius 3 is 2.54 bits per heavy atom. The van der Waals surface area contributed by atoms with E-state index in [1.807, 2.05) is 24.3 Å². The highest BCUT2D eigenvalue weighted by Crippen LogP contribution is 2.39. The summed E-state index contributed by atoms with van der Waals surface area (Å²) in [6, 6.07) is 7.51. The number of ether oxygens (including phenoxy) is 5. The Bertz CT molecular complexity index is 544. The van der Waals surface area contributed by atoms with Gasteiger partial charge < -0.3 is 33.9 Å². The van der Waals surface area contributed by atoms with E-state index in [2.05, 4.69) is 0 Å². The third-order valence-electron chi connectivity index (χ3n) is 4.19. The molecule has 3 unspecified atom stereocenters. The summed E-state index contributed by atoms with van der Waals surface area (Å²) >= 11 is 0. The van der Waals surface area contributed by atoms with E-state index in [0.29, 0.717) is 6.61 Å². The van der Waals surface area contributed by atoms with E-state index in [1.54, 1.807) is 21.0 Å². The van der Waals surface area contributed by atoms with Crippen LogP contribution < -0.4 is 4.74 Å². The predicted molar refractivity (Wildman–Crippen MR) is 83.4 cm³/mol. The van der Waals surface area contributed by atoms with Gasteiger partial charge in [0.1, 0.15) is 30.2 Å². The topological polar surface area (TPSA) is 86.6 Å². The fourth-order valence-electron chi connectivity index (χ4n) is 3.02. The molecule has 0 radical (unpaired) electrons. The zero-order valence-corrected chi connectivity index (χ0v) is 14.0. The molecule has 24 heavy (non-hydrogen) atoms. The van der Waals surface area contributed by atoms with E-state index in [4.69, 9.17) is 23.7 Å². The average Bonchev–Trinajstić information content (AvgIpc) is 3.04. The average molecular weight is 340 g/mol. The zero-order valence-electron chi connectivity index (χ0n) is 14.0. The predicted octanol–water partition coefficient (Wildman–Crippen LogP) is 0.810. The maximum absolute atomic E-state index is 10.00. The largest absolute Gasteiger partial charge is 0.497 e. The molecule has 2 saturated heterocycles. The minimum atomic E-state index is -1.06.